The lowest BCUT2D eigenvalue weighted by atomic mass is 10.1. The third-order valence-electron chi connectivity index (χ3n) is 3.89. The molecule has 8 heteroatoms. The van der Waals surface area contributed by atoms with E-state index >= 15 is 0 Å². The topological polar surface area (TPSA) is 48.5 Å². The average Bonchev–Trinajstić information content (AvgIpc) is 2.55. The largest absolute Gasteiger partial charge is 0.417 e. The fraction of sp³-hybridized carbons (Fsp3) is 0.538. The summed E-state index contributed by atoms with van der Waals surface area (Å²) in [5.74, 6) is -0.156. The Hall–Kier alpha value is -1.83. The van der Waals surface area contributed by atoms with Crippen LogP contribution in [0.2, 0.25) is 0 Å². The molecule has 5 nitrogen and oxygen atoms in total. The van der Waals surface area contributed by atoms with Crippen LogP contribution >= 0.6 is 0 Å². The van der Waals surface area contributed by atoms with Crippen molar-refractivity contribution in [2.24, 2.45) is 0 Å². The molecular weight excluding hydrogens is 285 g/mol. The molecular formula is C13H15F3N4O. The summed E-state index contributed by atoms with van der Waals surface area (Å²) < 4.78 is 38.3. The molecule has 1 atom stereocenters. The quantitative estimate of drug-likeness (QED) is 0.775. The molecule has 1 amide bonds. The van der Waals surface area contributed by atoms with E-state index in [4.69, 9.17) is 0 Å². The highest BCUT2D eigenvalue weighted by Gasteiger charge is 2.36. The average molecular weight is 300 g/mol. The Morgan fingerprint density at radius 2 is 2.14 bits per heavy atom. The first-order chi connectivity index (χ1) is 9.86. The van der Waals surface area contributed by atoms with Gasteiger partial charge in [0.2, 0.25) is 0 Å². The molecule has 1 aromatic heterocycles. The summed E-state index contributed by atoms with van der Waals surface area (Å²) in [6.07, 6.45) is -3.71. The Labute approximate surface area is 119 Å². The van der Waals surface area contributed by atoms with Gasteiger partial charge in [-0.15, -0.1) is 0 Å². The smallest absolute Gasteiger partial charge is 0.350 e. The van der Waals surface area contributed by atoms with Crippen LogP contribution in [-0.2, 0) is 6.18 Å². The maximum Gasteiger partial charge on any atom is 0.417 e. The molecule has 1 aromatic rings. The molecule has 0 unspecified atom stereocenters. The molecule has 1 N–H and O–H groups in total. The van der Waals surface area contributed by atoms with Gasteiger partial charge in [-0.1, -0.05) is 0 Å². The maximum absolute atomic E-state index is 12.8. The van der Waals surface area contributed by atoms with E-state index in [1.54, 1.807) is 0 Å². The Kier molecular flexibility index (Phi) is 3.27. The SMILES string of the molecule is CN1CCN2c3ncc(C(F)(F)F)cc3C(=O)NC[C@@H]2C1. The van der Waals surface area contributed by atoms with Crippen molar-refractivity contribution in [1.29, 1.82) is 0 Å². The third-order valence-corrected chi connectivity index (χ3v) is 3.89. The first-order valence-electron chi connectivity index (χ1n) is 6.67. The maximum atomic E-state index is 12.8. The number of fused-ring (bicyclic) bond motifs is 3. The molecule has 3 rings (SSSR count). The van der Waals surface area contributed by atoms with Crippen molar-refractivity contribution in [2.75, 3.05) is 38.1 Å². The molecule has 3 heterocycles. The van der Waals surface area contributed by atoms with Crippen LogP contribution in [-0.4, -0.2) is 55.1 Å². The third kappa shape index (κ3) is 2.55. The number of rotatable bonds is 0. The number of hydrogen-bond acceptors (Lipinski definition) is 4. The lowest BCUT2D eigenvalue weighted by molar-refractivity contribution is -0.137. The Morgan fingerprint density at radius 3 is 2.86 bits per heavy atom. The first-order valence-corrected chi connectivity index (χ1v) is 6.67. The van der Waals surface area contributed by atoms with E-state index < -0.39 is 17.6 Å². The number of carbonyl (C=O) groups excluding carboxylic acids is 1. The number of halogens is 3. The molecule has 0 saturated carbocycles. The van der Waals surface area contributed by atoms with Crippen LogP contribution in [0.25, 0.3) is 0 Å². The van der Waals surface area contributed by atoms with Crippen LogP contribution in [0.15, 0.2) is 12.3 Å². The van der Waals surface area contributed by atoms with E-state index in [-0.39, 0.29) is 11.6 Å². The number of hydrogen-bond donors (Lipinski definition) is 1. The molecule has 21 heavy (non-hydrogen) atoms. The number of carbonyl (C=O) groups is 1. The fourth-order valence-corrected chi connectivity index (χ4v) is 2.78. The molecule has 0 spiro atoms. The zero-order valence-electron chi connectivity index (χ0n) is 11.4. The molecule has 1 fully saturated rings. The van der Waals surface area contributed by atoms with Crippen LogP contribution in [0.5, 0.6) is 0 Å². The van der Waals surface area contributed by atoms with Gasteiger partial charge >= 0.3 is 6.18 Å². The van der Waals surface area contributed by atoms with Gasteiger partial charge in [-0.3, -0.25) is 4.79 Å². The van der Waals surface area contributed by atoms with E-state index in [0.717, 1.165) is 25.4 Å². The summed E-state index contributed by atoms with van der Waals surface area (Å²) in [6, 6.07) is 0.913. The minimum Gasteiger partial charge on any atom is -0.350 e. The minimum atomic E-state index is -4.50. The molecule has 0 radical (unpaired) electrons. The van der Waals surface area contributed by atoms with Crippen molar-refractivity contribution in [3.8, 4) is 0 Å². The number of aromatic nitrogens is 1. The number of pyridine rings is 1. The first kappa shape index (κ1) is 14.1. The van der Waals surface area contributed by atoms with E-state index in [9.17, 15) is 18.0 Å². The van der Waals surface area contributed by atoms with Gasteiger partial charge in [-0.2, -0.15) is 13.2 Å². The Balaban J connectivity index is 2.04. The van der Waals surface area contributed by atoms with Gasteiger partial charge in [0.15, 0.2) is 0 Å². The van der Waals surface area contributed by atoms with Gasteiger partial charge in [0.25, 0.3) is 5.91 Å². The van der Waals surface area contributed by atoms with Crippen LogP contribution in [0.3, 0.4) is 0 Å². The van der Waals surface area contributed by atoms with Crippen LogP contribution < -0.4 is 10.2 Å². The van der Waals surface area contributed by atoms with Crippen LogP contribution in [0.1, 0.15) is 15.9 Å². The zero-order valence-corrected chi connectivity index (χ0v) is 11.4. The number of nitrogens with zero attached hydrogens (tertiary/aromatic N) is 3. The van der Waals surface area contributed by atoms with Crippen molar-refractivity contribution in [2.45, 2.75) is 12.2 Å². The summed E-state index contributed by atoms with van der Waals surface area (Å²) >= 11 is 0. The molecule has 0 aliphatic carbocycles. The predicted molar refractivity (Wildman–Crippen MR) is 70.2 cm³/mol. The molecule has 1 saturated heterocycles. The second kappa shape index (κ2) is 4.87. The highest BCUT2D eigenvalue weighted by Crippen LogP contribution is 2.33. The second-order valence-electron chi connectivity index (χ2n) is 5.41. The van der Waals surface area contributed by atoms with E-state index in [0.29, 0.717) is 18.9 Å². The van der Waals surface area contributed by atoms with E-state index in [2.05, 4.69) is 15.2 Å². The zero-order chi connectivity index (χ0) is 15.2. The molecule has 2 aliphatic heterocycles. The van der Waals surface area contributed by atoms with Gasteiger partial charge in [0.1, 0.15) is 5.82 Å². The van der Waals surface area contributed by atoms with E-state index in [1.165, 1.54) is 0 Å². The highest BCUT2D eigenvalue weighted by atomic mass is 19.4. The van der Waals surface area contributed by atoms with Crippen molar-refractivity contribution >= 4 is 11.7 Å². The van der Waals surface area contributed by atoms with Gasteiger partial charge in [0, 0.05) is 32.4 Å². The molecule has 2 aliphatic rings. The van der Waals surface area contributed by atoms with Gasteiger partial charge in [-0.25, -0.2) is 4.98 Å². The van der Waals surface area contributed by atoms with Crippen molar-refractivity contribution in [1.82, 2.24) is 15.2 Å². The number of amides is 1. The molecule has 0 bridgehead atoms. The summed E-state index contributed by atoms with van der Waals surface area (Å²) in [5.41, 5.74) is -0.902. The predicted octanol–water partition coefficient (Wildman–Crippen LogP) is 0.964. The lowest BCUT2D eigenvalue weighted by Gasteiger charge is -2.39. The lowest BCUT2D eigenvalue weighted by Crippen LogP contribution is -2.55. The summed E-state index contributed by atoms with van der Waals surface area (Å²) in [7, 11) is 1.98. The molecule has 0 aromatic carbocycles. The van der Waals surface area contributed by atoms with Gasteiger partial charge in [0.05, 0.1) is 17.2 Å². The van der Waals surface area contributed by atoms with Crippen molar-refractivity contribution in [3.05, 3.63) is 23.4 Å². The molecule has 114 valence electrons. The van der Waals surface area contributed by atoms with Crippen molar-refractivity contribution in [3.63, 3.8) is 0 Å². The fourth-order valence-electron chi connectivity index (χ4n) is 2.78. The highest BCUT2D eigenvalue weighted by molar-refractivity contribution is 5.99. The number of likely N-dealkylation sites (N-methyl/N-ethyl adjacent to an activating group) is 1. The summed E-state index contributed by atoms with van der Waals surface area (Å²) in [4.78, 5) is 20.0. The second-order valence-corrected chi connectivity index (χ2v) is 5.41. The summed E-state index contributed by atoms with van der Waals surface area (Å²) in [6.45, 7) is 2.57. The number of alkyl halides is 3. The van der Waals surface area contributed by atoms with Gasteiger partial charge < -0.3 is 15.1 Å². The standard InChI is InChI=1S/C13H15F3N4O/c1-19-2-3-20-9(7-19)6-18-12(21)10-4-8(13(14,15)16)5-17-11(10)20/h4-5,9H,2-3,6-7H2,1H3,(H,18,21)/t9-/m1/s1. The Morgan fingerprint density at radius 1 is 1.38 bits per heavy atom. The summed E-state index contributed by atoms with van der Waals surface area (Å²) in [5, 5.41) is 2.68. The number of piperazine rings is 1. The number of nitrogens with one attached hydrogen (secondary N) is 1. The monoisotopic (exact) mass is 300 g/mol. The minimum absolute atomic E-state index is 0.00289. The van der Waals surface area contributed by atoms with Gasteiger partial charge in [-0.05, 0) is 13.1 Å². The van der Waals surface area contributed by atoms with Crippen LogP contribution in [0.4, 0.5) is 19.0 Å². The number of anilines is 1. The van der Waals surface area contributed by atoms with E-state index in [1.807, 2.05) is 11.9 Å². The Bertz CT molecular complexity index is 575. The van der Waals surface area contributed by atoms with Crippen molar-refractivity contribution < 1.29 is 18.0 Å². The normalized spacial score (nSPS) is 23.1. The van der Waals surface area contributed by atoms with Crippen LogP contribution in [0, 0.1) is 0 Å².